The number of nitrogens with zero attached hydrogens (tertiary/aromatic N) is 2. The van der Waals surface area contributed by atoms with Gasteiger partial charge in [0.2, 0.25) is 5.91 Å². The lowest BCUT2D eigenvalue weighted by Crippen LogP contribution is -2.40. The summed E-state index contributed by atoms with van der Waals surface area (Å²) in [5.41, 5.74) is 8.63. The van der Waals surface area contributed by atoms with E-state index in [1.807, 2.05) is 12.4 Å². The summed E-state index contributed by atoms with van der Waals surface area (Å²) in [5, 5.41) is 4.87. The predicted octanol–water partition coefficient (Wildman–Crippen LogP) is 3.88. The zero-order chi connectivity index (χ0) is 21.7. The third-order valence-corrected chi connectivity index (χ3v) is 7.47. The Morgan fingerprint density at radius 3 is 2.97 bits per heavy atom. The Kier molecular flexibility index (Phi) is 5.00. The molecule has 2 atom stereocenters. The van der Waals surface area contributed by atoms with Gasteiger partial charge >= 0.3 is 0 Å². The highest BCUT2D eigenvalue weighted by Gasteiger charge is 2.32. The van der Waals surface area contributed by atoms with Gasteiger partial charge in [0.05, 0.1) is 12.5 Å². The van der Waals surface area contributed by atoms with Gasteiger partial charge < -0.3 is 19.9 Å². The first-order valence-corrected chi connectivity index (χ1v) is 11.9. The minimum Gasteiger partial charge on any atom is -0.381 e. The molecule has 166 valence electrons. The molecule has 2 aromatic heterocycles. The van der Waals surface area contributed by atoms with Gasteiger partial charge in [-0.3, -0.25) is 4.79 Å². The van der Waals surface area contributed by atoms with E-state index >= 15 is 0 Å². The van der Waals surface area contributed by atoms with Gasteiger partial charge in [0.15, 0.2) is 0 Å². The van der Waals surface area contributed by atoms with Gasteiger partial charge in [-0.1, -0.05) is 6.07 Å². The molecule has 1 amide bonds. The fraction of sp³-hybridized carbons (Fsp3) is 0.462. The van der Waals surface area contributed by atoms with Crippen LogP contribution in [0, 0.1) is 12.8 Å². The topological polar surface area (TPSA) is 70.2 Å². The molecule has 3 aliphatic rings. The van der Waals surface area contributed by atoms with Gasteiger partial charge in [0.25, 0.3) is 0 Å². The fourth-order valence-corrected chi connectivity index (χ4v) is 5.59. The van der Waals surface area contributed by atoms with E-state index in [1.54, 1.807) is 0 Å². The summed E-state index contributed by atoms with van der Waals surface area (Å²) in [6, 6.07) is 7.29. The van der Waals surface area contributed by atoms with Crippen LogP contribution in [0.2, 0.25) is 0 Å². The van der Waals surface area contributed by atoms with Crippen molar-refractivity contribution in [2.45, 2.75) is 45.2 Å². The Labute approximate surface area is 188 Å². The number of rotatable bonds is 3. The second kappa shape index (κ2) is 8.01. The first kappa shape index (κ1) is 19.9. The SMILES string of the molecule is Cc1c[nH]c2ncc(-c3cc4c(c(C5CCCN5)c3)CN(C(=O)[C@H]3CCOC3)CC4)cc12. The maximum absolute atomic E-state index is 13.1. The van der Waals surface area contributed by atoms with Crippen LogP contribution >= 0.6 is 0 Å². The highest BCUT2D eigenvalue weighted by atomic mass is 16.5. The zero-order valence-electron chi connectivity index (χ0n) is 18.6. The molecule has 2 N–H and O–H groups in total. The van der Waals surface area contributed by atoms with Gasteiger partial charge in [-0.15, -0.1) is 0 Å². The molecule has 1 unspecified atom stereocenters. The summed E-state index contributed by atoms with van der Waals surface area (Å²) in [7, 11) is 0. The molecule has 6 nitrogen and oxygen atoms in total. The number of hydrogen-bond acceptors (Lipinski definition) is 4. The summed E-state index contributed by atoms with van der Waals surface area (Å²) in [6.45, 7) is 5.96. The lowest BCUT2D eigenvalue weighted by atomic mass is 9.86. The van der Waals surface area contributed by atoms with Crippen molar-refractivity contribution in [3.8, 4) is 11.1 Å². The van der Waals surface area contributed by atoms with Crippen molar-refractivity contribution >= 4 is 16.9 Å². The summed E-state index contributed by atoms with van der Waals surface area (Å²) in [6.07, 6.45) is 8.09. The number of carbonyl (C=O) groups is 1. The molecule has 5 heterocycles. The van der Waals surface area contributed by atoms with E-state index in [2.05, 4.69) is 45.3 Å². The number of hydrogen-bond donors (Lipinski definition) is 2. The summed E-state index contributed by atoms with van der Waals surface area (Å²) in [5.74, 6) is 0.298. The van der Waals surface area contributed by atoms with Crippen LogP contribution in [0.25, 0.3) is 22.2 Å². The van der Waals surface area contributed by atoms with Crippen molar-refractivity contribution in [3.05, 3.63) is 52.8 Å². The van der Waals surface area contributed by atoms with E-state index in [0.717, 1.165) is 43.6 Å². The first-order chi connectivity index (χ1) is 15.7. The minimum atomic E-state index is 0.0336. The molecule has 0 radical (unpaired) electrons. The molecule has 0 bridgehead atoms. The third-order valence-electron chi connectivity index (χ3n) is 7.47. The summed E-state index contributed by atoms with van der Waals surface area (Å²) < 4.78 is 5.48. The van der Waals surface area contributed by atoms with Crippen molar-refractivity contribution in [2.24, 2.45) is 5.92 Å². The van der Waals surface area contributed by atoms with E-state index in [1.165, 1.54) is 39.6 Å². The van der Waals surface area contributed by atoms with Gasteiger partial charge in [-0.05, 0) is 79.1 Å². The number of aryl methyl sites for hydroxylation is 1. The molecule has 2 saturated heterocycles. The monoisotopic (exact) mass is 430 g/mol. The molecule has 2 fully saturated rings. The molecule has 3 aromatic rings. The number of carbonyl (C=O) groups excluding carboxylic acids is 1. The van der Waals surface area contributed by atoms with Gasteiger partial charge in [-0.2, -0.15) is 0 Å². The van der Waals surface area contributed by atoms with E-state index in [-0.39, 0.29) is 11.8 Å². The number of amides is 1. The molecule has 3 aliphatic heterocycles. The van der Waals surface area contributed by atoms with Crippen molar-refractivity contribution in [2.75, 3.05) is 26.3 Å². The number of ether oxygens (including phenoxy) is 1. The summed E-state index contributed by atoms with van der Waals surface area (Å²) in [4.78, 5) is 23.1. The van der Waals surface area contributed by atoms with E-state index < -0.39 is 0 Å². The molecular weight excluding hydrogens is 400 g/mol. The molecule has 0 spiro atoms. The van der Waals surface area contributed by atoms with Crippen LogP contribution in [-0.2, 0) is 22.5 Å². The third kappa shape index (κ3) is 3.42. The van der Waals surface area contributed by atoms with E-state index in [0.29, 0.717) is 25.8 Å². The maximum Gasteiger partial charge on any atom is 0.228 e. The molecule has 1 aromatic carbocycles. The number of aromatic nitrogens is 2. The first-order valence-electron chi connectivity index (χ1n) is 11.9. The van der Waals surface area contributed by atoms with Crippen LogP contribution in [0.1, 0.15) is 47.6 Å². The Morgan fingerprint density at radius 2 is 2.16 bits per heavy atom. The van der Waals surface area contributed by atoms with Crippen molar-refractivity contribution in [3.63, 3.8) is 0 Å². The van der Waals surface area contributed by atoms with E-state index in [9.17, 15) is 4.79 Å². The molecule has 6 heteroatoms. The van der Waals surface area contributed by atoms with Gasteiger partial charge in [-0.25, -0.2) is 4.98 Å². The van der Waals surface area contributed by atoms with Crippen molar-refractivity contribution in [1.82, 2.24) is 20.2 Å². The van der Waals surface area contributed by atoms with Crippen LogP contribution in [0.4, 0.5) is 0 Å². The highest BCUT2D eigenvalue weighted by Crippen LogP contribution is 2.36. The molecule has 32 heavy (non-hydrogen) atoms. The number of benzene rings is 1. The van der Waals surface area contributed by atoms with Crippen LogP contribution < -0.4 is 5.32 Å². The number of H-pyrrole nitrogens is 1. The van der Waals surface area contributed by atoms with Crippen LogP contribution in [0.3, 0.4) is 0 Å². The normalized spacial score (nSPS) is 23.1. The van der Waals surface area contributed by atoms with Gasteiger partial charge in [0, 0.05) is 49.1 Å². The number of fused-ring (bicyclic) bond motifs is 2. The largest absolute Gasteiger partial charge is 0.381 e. The highest BCUT2D eigenvalue weighted by molar-refractivity contribution is 5.85. The average Bonchev–Trinajstić information content (AvgIpc) is 3.60. The Hall–Kier alpha value is -2.70. The minimum absolute atomic E-state index is 0.0336. The maximum atomic E-state index is 13.1. The fourth-order valence-electron chi connectivity index (χ4n) is 5.59. The van der Waals surface area contributed by atoms with Crippen LogP contribution in [0.5, 0.6) is 0 Å². The lowest BCUT2D eigenvalue weighted by Gasteiger charge is -2.33. The standard InChI is InChI=1S/C26H30N4O2/c1-16-12-28-25-21(16)11-20(13-29-25)19-9-17-4-7-30(26(31)18-5-8-32-15-18)14-23(17)22(10-19)24-3-2-6-27-24/h9-13,18,24,27H,2-8,14-15H2,1H3,(H,28,29)/t18-,24?/m0/s1. The lowest BCUT2D eigenvalue weighted by molar-refractivity contribution is -0.136. The average molecular weight is 431 g/mol. The van der Waals surface area contributed by atoms with Crippen molar-refractivity contribution in [1.29, 1.82) is 0 Å². The second-order valence-corrected chi connectivity index (χ2v) is 9.51. The van der Waals surface area contributed by atoms with Crippen LogP contribution in [0.15, 0.2) is 30.6 Å². The second-order valence-electron chi connectivity index (χ2n) is 9.51. The molecular formula is C26H30N4O2. The Balaban J connectivity index is 1.39. The molecule has 0 aliphatic carbocycles. The Morgan fingerprint density at radius 1 is 1.22 bits per heavy atom. The summed E-state index contributed by atoms with van der Waals surface area (Å²) >= 11 is 0. The van der Waals surface area contributed by atoms with E-state index in [4.69, 9.17) is 4.74 Å². The predicted molar refractivity (Wildman–Crippen MR) is 124 cm³/mol. The van der Waals surface area contributed by atoms with Crippen molar-refractivity contribution < 1.29 is 9.53 Å². The Bertz CT molecular complexity index is 1170. The smallest absolute Gasteiger partial charge is 0.228 e. The number of nitrogens with one attached hydrogen (secondary N) is 2. The zero-order valence-corrected chi connectivity index (χ0v) is 18.6. The number of aromatic amines is 1. The molecule has 6 rings (SSSR count). The van der Waals surface area contributed by atoms with Crippen LogP contribution in [-0.4, -0.2) is 47.1 Å². The van der Waals surface area contributed by atoms with Gasteiger partial charge in [0.1, 0.15) is 5.65 Å². The quantitative estimate of drug-likeness (QED) is 0.662. The number of pyridine rings is 1. The molecule has 0 saturated carbocycles.